The number of carbonyl (C=O) groups is 2. The van der Waals surface area contributed by atoms with Crippen LogP contribution in [0.5, 0.6) is 11.5 Å². The fourth-order valence-corrected chi connectivity index (χ4v) is 2.66. The van der Waals surface area contributed by atoms with Gasteiger partial charge in [0, 0.05) is 24.3 Å². The summed E-state index contributed by atoms with van der Waals surface area (Å²) in [5, 5.41) is 2.77. The first-order chi connectivity index (χ1) is 12.2. The van der Waals surface area contributed by atoms with Crippen molar-refractivity contribution in [1.82, 2.24) is 0 Å². The highest BCUT2D eigenvalue weighted by Gasteiger charge is 2.21. The van der Waals surface area contributed by atoms with Crippen LogP contribution in [0.2, 0.25) is 0 Å². The van der Waals surface area contributed by atoms with Gasteiger partial charge in [-0.15, -0.1) is 0 Å². The SMILES string of the molecule is COc1ccc(OCC(=O)Nc2ccc(N3CCCC3=O)cc2)cc1. The van der Waals surface area contributed by atoms with Crippen LogP contribution in [0.4, 0.5) is 11.4 Å². The Morgan fingerprint density at radius 1 is 1.08 bits per heavy atom. The predicted molar refractivity (Wildman–Crippen MR) is 95.1 cm³/mol. The summed E-state index contributed by atoms with van der Waals surface area (Å²) in [4.78, 5) is 25.5. The molecule has 6 heteroatoms. The summed E-state index contributed by atoms with van der Waals surface area (Å²) < 4.78 is 10.5. The van der Waals surface area contributed by atoms with Crippen LogP contribution in [0.3, 0.4) is 0 Å². The van der Waals surface area contributed by atoms with E-state index in [-0.39, 0.29) is 18.4 Å². The van der Waals surface area contributed by atoms with E-state index in [2.05, 4.69) is 5.32 Å². The lowest BCUT2D eigenvalue weighted by Gasteiger charge is -2.16. The summed E-state index contributed by atoms with van der Waals surface area (Å²) in [5.74, 6) is 1.22. The minimum atomic E-state index is -0.249. The minimum Gasteiger partial charge on any atom is -0.497 e. The first-order valence-electron chi connectivity index (χ1n) is 8.13. The molecule has 1 heterocycles. The smallest absolute Gasteiger partial charge is 0.262 e. The Morgan fingerprint density at radius 2 is 1.76 bits per heavy atom. The molecule has 0 bridgehead atoms. The molecule has 130 valence electrons. The van der Waals surface area contributed by atoms with Gasteiger partial charge < -0.3 is 19.7 Å². The van der Waals surface area contributed by atoms with E-state index in [0.29, 0.717) is 17.9 Å². The van der Waals surface area contributed by atoms with Crippen LogP contribution in [0, 0.1) is 0 Å². The van der Waals surface area contributed by atoms with Crippen LogP contribution in [-0.2, 0) is 9.59 Å². The van der Waals surface area contributed by atoms with Crippen molar-refractivity contribution in [3.8, 4) is 11.5 Å². The monoisotopic (exact) mass is 340 g/mol. The fourth-order valence-electron chi connectivity index (χ4n) is 2.66. The summed E-state index contributed by atoms with van der Waals surface area (Å²) in [6, 6.07) is 14.3. The maximum Gasteiger partial charge on any atom is 0.262 e. The Kier molecular flexibility index (Phi) is 5.18. The summed E-state index contributed by atoms with van der Waals surface area (Å²) in [6.07, 6.45) is 1.49. The lowest BCUT2D eigenvalue weighted by molar-refractivity contribution is -0.118. The van der Waals surface area contributed by atoms with Crippen LogP contribution in [0.1, 0.15) is 12.8 Å². The number of nitrogens with one attached hydrogen (secondary N) is 1. The second-order valence-corrected chi connectivity index (χ2v) is 5.71. The average Bonchev–Trinajstić information content (AvgIpc) is 3.07. The second kappa shape index (κ2) is 7.70. The summed E-state index contributed by atoms with van der Waals surface area (Å²) >= 11 is 0. The number of anilines is 2. The van der Waals surface area contributed by atoms with E-state index in [1.807, 2.05) is 12.1 Å². The van der Waals surface area contributed by atoms with E-state index >= 15 is 0 Å². The quantitative estimate of drug-likeness (QED) is 0.878. The number of ether oxygens (including phenoxy) is 2. The number of nitrogens with zero attached hydrogens (tertiary/aromatic N) is 1. The molecule has 2 aromatic carbocycles. The molecular weight excluding hydrogens is 320 g/mol. The Hall–Kier alpha value is -3.02. The number of carbonyl (C=O) groups excluding carboxylic acids is 2. The number of hydrogen-bond acceptors (Lipinski definition) is 4. The second-order valence-electron chi connectivity index (χ2n) is 5.71. The molecule has 0 radical (unpaired) electrons. The van der Waals surface area contributed by atoms with Gasteiger partial charge in [0.05, 0.1) is 7.11 Å². The van der Waals surface area contributed by atoms with Crippen molar-refractivity contribution in [2.75, 3.05) is 30.5 Å². The van der Waals surface area contributed by atoms with E-state index in [0.717, 1.165) is 24.4 Å². The molecule has 0 aliphatic carbocycles. The number of rotatable bonds is 6. The van der Waals surface area contributed by atoms with Gasteiger partial charge in [0.25, 0.3) is 5.91 Å². The lowest BCUT2D eigenvalue weighted by atomic mass is 10.2. The van der Waals surface area contributed by atoms with Crippen molar-refractivity contribution in [1.29, 1.82) is 0 Å². The first kappa shape index (κ1) is 16.8. The number of hydrogen-bond donors (Lipinski definition) is 1. The van der Waals surface area contributed by atoms with Crippen molar-refractivity contribution in [2.24, 2.45) is 0 Å². The van der Waals surface area contributed by atoms with Crippen molar-refractivity contribution < 1.29 is 19.1 Å². The van der Waals surface area contributed by atoms with Crippen LogP contribution in [0.25, 0.3) is 0 Å². The molecule has 0 unspecified atom stereocenters. The topological polar surface area (TPSA) is 67.9 Å². The normalized spacial score (nSPS) is 13.6. The lowest BCUT2D eigenvalue weighted by Crippen LogP contribution is -2.23. The molecular formula is C19H20N2O4. The number of amides is 2. The van der Waals surface area contributed by atoms with Crippen molar-refractivity contribution >= 4 is 23.2 Å². The largest absolute Gasteiger partial charge is 0.497 e. The zero-order valence-electron chi connectivity index (χ0n) is 14.0. The molecule has 1 saturated heterocycles. The fraction of sp³-hybridized carbons (Fsp3) is 0.263. The van der Waals surface area contributed by atoms with Crippen LogP contribution >= 0.6 is 0 Å². The molecule has 2 amide bonds. The number of benzene rings is 2. The molecule has 1 aliphatic heterocycles. The van der Waals surface area contributed by atoms with Crippen LogP contribution in [0.15, 0.2) is 48.5 Å². The third kappa shape index (κ3) is 4.29. The molecule has 1 aliphatic rings. The van der Waals surface area contributed by atoms with E-state index in [1.54, 1.807) is 48.4 Å². The molecule has 0 spiro atoms. The molecule has 0 saturated carbocycles. The highest BCUT2D eigenvalue weighted by atomic mass is 16.5. The molecule has 1 N–H and O–H groups in total. The van der Waals surface area contributed by atoms with E-state index in [4.69, 9.17) is 9.47 Å². The van der Waals surface area contributed by atoms with Crippen LogP contribution < -0.4 is 19.7 Å². The average molecular weight is 340 g/mol. The highest BCUT2D eigenvalue weighted by Crippen LogP contribution is 2.23. The summed E-state index contributed by atoms with van der Waals surface area (Å²) in [7, 11) is 1.59. The van der Waals surface area contributed by atoms with Gasteiger partial charge in [0.1, 0.15) is 11.5 Å². The molecule has 25 heavy (non-hydrogen) atoms. The predicted octanol–water partition coefficient (Wildman–Crippen LogP) is 2.84. The molecule has 0 aromatic heterocycles. The number of methoxy groups -OCH3 is 1. The maximum absolute atomic E-state index is 12.0. The molecule has 3 rings (SSSR count). The molecule has 6 nitrogen and oxygen atoms in total. The minimum absolute atomic E-state index is 0.0846. The molecule has 2 aromatic rings. The summed E-state index contributed by atoms with van der Waals surface area (Å²) in [6.45, 7) is 0.666. The highest BCUT2D eigenvalue weighted by molar-refractivity contribution is 5.96. The van der Waals surface area contributed by atoms with Gasteiger partial charge in [-0.05, 0) is 55.0 Å². The van der Waals surface area contributed by atoms with E-state index < -0.39 is 0 Å². The Labute approximate surface area is 146 Å². The van der Waals surface area contributed by atoms with Crippen LogP contribution in [-0.4, -0.2) is 32.1 Å². The van der Waals surface area contributed by atoms with Crippen molar-refractivity contribution in [3.63, 3.8) is 0 Å². The zero-order chi connectivity index (χ0) is 17.6. The van der Waals surface area contributed by atoms with Crippen molar-refractivity contribution in [2.45, 2.75) is 12.8 Å². The molecule has 1 fully saturated rings. The Balaban J connectivity index is 1.51. The maximum atomic E-state index is 12.0. The molecule has 0 atom stereocenters. The summed E-state index contributed by atoms with van der Waals surface area (Å²) in [5.41, 5.74) is 1.52. The van der Waals surface area contributed by atoms with E-state index in [1.165, 1.54) is 0 Å². The van der Waals surface area contributed by atoms with Gasteiger partial charge in [-0.1, -0.05) is 0 Å². The third-order valence-electron chi connectivity index (χ3n) is 3.97. The Bertz CT molecular complexity index is 741. The van der Waals surface area contributed by atoms with Gasteiger partial charge in [-0.25, -0.2) is 0 Å². The van der Waals surface area contributed by atoms with Gasteiger partial charge in [0.2, 0.25) is 5.91 Å². The van der Waals surface area contributed by atoms with E-state index in [9.17, 15) is 9.59 Å². The first-order valence-corrected chi connectivity index (χ1v) is 8.13. The zero-order valence-corrected chi connectivity index (χ0v) is 14.0. The van der Waals surface area contributed by atoms with Crippen molar-refractivity contribution in [3.05, 3.63) is 48.5 Å². The Morgan fingerprint density at radius 3 is 2.36 bits per heavy atom. The van der Waals surface area contributed by atoms with Gasteiger partial charge in [0.15, 0.2) is 6.61 Å². The van der Waals surface area contributed by atoms with Gasteiger partial charge in [-0.2, -0.15) is 0 Å². The third-order valence-corrected chi connectivity index (χ3v) is 3.97. The standard InChI is InChI=1S/C19H20N2O4/c1-24-16-8-10-17(11-9-16)25-13-18(22)20-14-4-6-15(7-5-14)21-12-2-3-19(21)23/h4-11H,2-3,12-13H2,1H3,(H,20,22). The van der Waals surface area contributed by atoms with Gasteiger partial charge >= 0.3 is 0 Å². The van der Waals surface area contributed by atoms with Gasteiger partial charge in [-0.3, -0.25) is 9.59 Å².